The molecule has 0 radical (unpaired) electrons. The van der Waals surface area contributed by atoms with Gasteiger partial charge in [0.2, 0.25) is 5.91 Å². The summed E-state index contributed by atoms with van der Waals surface area (Å²) >= 11 is 0. The molecule has 1 fully saturated rings. The number of hydrogen-bond donors (Lipinski definition) is 2. The molecular formula is C19H20N4O4. The molecule has 27 heavy (non-hydrogen) atoms. The number of hydrogen-bond acceptors (Lipinski definition) is 5. The first-order valence-electron chi connectivity index (χ1n) is 8.65. The minimum Gasteiger partial charge on any atom is -0.371 e. The molecule has 0 atom stereocenters. The Balaban J connectivity index is 1.66. The lowest BCUT2D eigenvalue weighted by atomic mass is 9.96. The number of anilines is 2. The maximum Gasteiger partial charge on any atom is 0.282 e. The third-order valence-electron chi connectivity index (χ3n) is 4.73. The molecule has 0 unspecified atom stereocenters. The highest BCUT2D eigenvalue weighted by atomic mass is 16.6. The quantitative estimate of drug-likeness (QED) is 0.621. The van der Waals surface area contributed by atoms with E-state index < -0.39 is 10.8 Å². The second-order valence-corrected chi connectivity index (χ2v) is 6.44. The van der Waals surface area contributed by atoms with E-state index in [4.69, 9.17) is 5.73 Å². The number of nitrogens with two attached hydrogens (primary N) is 1. The number of rotatable bonds is 5. The van der Waals surface area contributed by atoms with Crippen LogP contribution in [0.1, 0.15) is 23.2 Å². The summed E-state index contributed by atoms with van der Waals surface area (Å²) in [5, 5.41) is 13.7. The highest BCUT2D eigenvalue weighted by molar-refractivity contribution is 6.07. The molecule has 2 aromatic rings. The van der Waals surface area contributed by atoms with Gasteiger partial charge in [0.1, 0.15) is 5.56 Å². The average Bonchev–Trinajstić information content (AvgIpc) is 2.68. The summed E-state index contributed by atoms with van der Waals surface area (Å²) in [5.74, 6) is -0.846. The van der Waals surface area contributed by atoms with Gasteiger partial charge in [0.15, 0.2) is 0 Å². The van der Waals surface area contributed by atoms with Gasteiger partial charge in [-0.3, -0.25) is 19.7 Å². The van der Waals surface area contributed by atoms with E-state index in [0.29, 0.717) is 5.69 Å². The van der Waals surface area contributed by atoms with E-state index in [2.05, 4.69) is 10.2 Å². The lowest BCUT2D eigenvalue weighted by Gasteiger charge is -2.32. The third kappa shape index (κ3) is 4.22. The first kappa shape index (κ1) is 18.4. The zero-order valence-electron chi connectivity index (χ0n) is 14.6. The largest absolute Gasteiger partial charge is 0.371 e. The summed E-state index contributed by atoms with van der Waals surface area (Å²) in [6, 6.07) is 13.1. The van der Waals surface area contributed by atoms with Gasteiger partial charge in [-0.1, -0.05) is 12.1 Å². The van der Waals surface area contributed by atoms with Crippen LogP contribution in [-0.4, -0.2) is 29.8 Å². The number of nitro benzene ring substituents is 1. The van der Waals surface area contributed by atoms with Crippen LogP contribution < -0.4 is 16.0 Å². The van der Waals surface area contributed by atoms with Crippen molar-refractivity contribution in [3.8, 4) is 0 Å². The molecule has 0 saturated carbocycles. The summed E-state index contributed by atoms with van der Waals surface area (Å²) in [4.78, 5) is 36.2. The molecular weight excluding hydrogens is 348 g/mol. The first-order valence-corrected chi connectivity index (χ1v) is 8.65. The highest BCUT2D eigenvalue weighted by Crippen LogP contribution is 2.25. The van der Waals surface area contributed by atoms with Crippen molar-refractivity contribution in [2.45, 2.75) is 12.8 Å². The van der Waals surface area contributed by atoms with Crippen LogP contribution in [0.25, 0.3) is 0 Å². The minimum absolute atomic E-state index is 0.0140. The number of carbonyl (C=O) groups excluding carboxylic acids is 2. The maximum atomic E-state index is 12.4. The molecule has 0 aliphatic carbocycles. The van der Waals surface area contributed by atoms with Crippen molar-refractivity contribution in [3.63, 3.8) is 0 Å². The van der Waals surface area contributed by atoms with Gasteiger partial charge in [0, 0.05) is 36.4 Å². The summed E-state index contributed by atoms with van der Waals surface area (Å²) in [7, 11) is 0. The zero-order valence-corrected chi connectivity index (χ0v) is 14.6. The van der Waals surface area contributed by atoms with E-state index >= 15 is 0 Å². The number of nitrogens with zero attached hydrogens (tertiary/aromatic N) is 2. The third-order valence-corrected chi connectivity index (χ3v) is 4.73. The van der Waals surface area contributed by atoms with Crippen LogP contribution in [-0.2, 0) is 4.79 Å². The van der Waals surface area contributed by atoms with Gasteiger partial charge in [-0.25, -0.2) is 0 Å². The molecule has 1 aliphatic heterocycles. The van der Waals surface area contributed by atoms with Crippen molar-refractivity contribution in [2.75, 3.05) is 23.3 Å². The molecule has 1 heterocycles. The monoisotopic (exact) mass is 368 g/mol. The number of para-hydroxylation sites is 1. The minimum atomic E-state index is -0.576. The van der Waals surface area contributed by atoms with Crippen LogP contribution in [0.2, 0.25) is 0 Å². The number of carbonyl (C=O) groups is 2. The Morgan fingerprint density at radius 1 is 1.07 bits per heavy atom. The van der Waals surface area contributed by atoms with E-state index in [-0.39, 0.29) is 23.1 Å². The molecule has 0 bridgehead atoms. The SMILES string of the molecule is NC(=O)C1CCN(c2ccc(NC(=O)c3ccccc3[N+](=O)[O-])cc2)CC1. The van der Waals surface area contributed by atoms with Crippen molar-refractivity contribution in [2.24, 2.45) is 11.7 Å². The fraction of sp³-hybridized carbons (Fsp3) is 0.263. The Bertz CT molecular complexity index is 858. The molecule has 1 aliphatic rings. The number of nitrogens with one attached hydrogen (secondary N) is 1. The van der Waals surface area contributed by atoms with E-state index in [1.807, 2.05) is 12.1 Å². The van der Waals surface area contributed by atoms with Crippen molar-refractivity contribution >= 4 is 28.9 Å². The molecule has 140 valence electrons. The molecule has 1 saturated heterocycles. The molecule has 8 nitrogen and oxygen atoms in total. The Hall–Kier alpha value is -3.42. The van der Waals surface area contributed by atoms with Gasteiger partial charge in [0.25, 0.3) is 11.6 Å². The average molecular weight is 368 g/mol. The molecule has 3 rings (SSSR count). The van der Waals surface area contributed by atoms with Crippen LogP contribution in [0.15, 0.2) is 48.5 Å². The number of piperidine rings is 1. The van der Waals surface area contributed by atoms with Crippen LogP contribution >= 0.6 is 0 Å². The fourth-order valence-corrected chi connectivity index (χ4v) is 3.20. The van der Waals surface area contributed by atoms with Gasteiger partial charge >= 0.3 is 0 Å². The lowest BCUT2D eigenvalue weighted by molar-refractivity contribution is -0.385. The fourth-order valence-electron chi connectivity index (χ4n) is 3.20. The second-order valence-electron chi connectivity index (χ2n) is 6.44. The Labute approximate surface area is 156 Å². The van der Waals surface area contributed by atoms with Crippen molar-refractivity contribution in [1.29, 1.82) is 0 Å². The molecule has 3 N–H and O–H groups in total. The van der Waals surface area contributed by atoms with Crippen LogP contribution in [0.4, 0.5) is 17.1 Å². The van der Waals surface area contributed by atoms with Crippen LogP contribution in [0, 0.1) is 16.0 Å². The number of benzene rings is 2. The van der Waals surface area contributed by atoms with E-state index in [9.17, 15) is 19.7 Å². The van der Waals surface area contributed by atoms with Gasteiger partial charge < -0.3 is 16.0 Å². The predicted molar refractivity (Wildman–Crippen MR) is 102 cm³/mol. The molecule has 2 aromatic carbocycles. The summed E-state index contributed by atoms with van der Waals surface area (Å²) in [6.07, 6.45) is 1.46. The number of amides is 2. The topological polar surface area (TPSA) is 119 Å². The van der Waals surface area contributed by atoms with Crippen molar-refractivity contribution < 1.29 is 14.5 Å². The zero-order chi connectivity index (χ0) is 19.4. The number of primary amides is 1. The van der Waals surface area contributed by atoms with Crippen LogP contribution in [0.3, 0.4) is 0 Å². The van der Waals surface area contributed by atoms with Gasteiger partial charge in [0.05, 0.1) is 4.92 Å². The molecule has 2 amide bonds. The van der Waals surface area contributed by atoms with Gasteiger partial charge in [-0.05, 0) is 43.2 Å². The Morgan fingerprint density at radius 2 is 1.70 bits per heavy atom. The second kappa shape index (κ2) is 7.86. The molecule has 0 aromatic heterocycles. The maximum absolute atomic E-state index is 12.4. The van der Waals surface area contributed by atoms with E-state index in [1.165, 1.54) is 18.2 Å². The summed E-state index contributed by atoms with van der Waals surface area (Å²) < 4.78 is 0. The molecule has 8 heteroatoms. The van der Waals surface area contributed by atoms with E-state index in [0.717, 1.165) is 31.6 Å². The Morgan fingerprint density at radius 3 is 2.30 bits per heavy atom. The summed E-state index contributed by atoms with van der Waals surface area (Å²) in [6.45, 7) is 1.49. The smallest absolute Gasteiger partial charge is 0.282 e. The molecule has 0 spiro atoms. The lowest BCUT2D eigenvalue weighted by Crippen LogP contribution is -2.38. The van der Waals surface area contributed by atoms with Crippen molar-refractivity contribution in [3.05, 3.63) is 64.2 Å². The predicted octanol–water partition coefficient (Wildman–Crippen LogP) is 2.55. The van der Waals surface area contributed by atoms with E-state index in [1.54, 1.807) is 18.2 Å². The first-order chi connectivity index (χ1) is 13.0. The number of nitro groups is 1. The highest BCUT2D eigenvalue weighted by Gasteiger charge is 2.23. The Kier molecular flexibility index (Phi) is 5.35. The normalized spacial score (nSPS) is 14.6. The van der Waals surface area contributed by atoms with Gasteiger partial charge in [-0.2, -0.15) is 0 Å². The van der Waals surface area contributed by atoms with Crippen molar-refractivity contribution in [1.82, 2.24) is 0 Å². The standard InChI is InChI=1S/C19H20N4O4/c20-18(24)13-9-11-22(12-10-13)15-7-5-14(6-8-15)21-19(25)16-3-1-2-4-17(16)23(26)27/h1-8,13H,9-12H2,(H2,20,24)(H,21,25). The van der Waals surface area contributed by atoms with Crippen LogP contribution in [0.5, 0.6) is 0 Å². The summed E-state index contributed by atoms with van der Waals surface area (Å²) in [5.41, 5.74) is 6.67. The van der Waals surface area contributed by atoms with Gasteiger partial charge in [-0.15, -0.1) is 0 Å².